The van der Waals surface area contributed by atoms with Gasteiger partial charge in [-0.2, -0.15) is 0 Å². The fraction of sp³-hybridized carbons (Fsp3) is 0.118. The number of nitro groups is 1. The van der Waals surface area contributed by atoms with Crippen molar-refractivity contribution < 1.29 is 4.92 Å². The van der Waals surface area contributed by atoms with Gasteiger partial charge in [0, 0.05) is 37.8 Å². The monoisotopic (exact) mass is 395 g/mol. The SMILES string of the molecule is CN(C)C(=S)N=Nc1c2cc([N+](=O)[O-])ccc2n2c(=O)c3cccnc3[nH]c12. The lowest BCUT2D eigenvalue weighted by molar-refractivity contribution is -0.384. The quantitative estimate of drug-likeness (QED) is 0.241. The molecule has 10 nitrogen and oxygen atoms in total. The van der Waals surface area contributed by atoms with Gasteiger partial charge in [0.2, 0.25) is 5.11 Å². The zero-order valence-electron chi connectivity index (χ0n) is 14.8. The summed E-state index contributed by atoms with van der Waals surface area (Å²) >= 11 is 5.13. The van der Waals surface area contributed by atoms with E-state index in [9.17, 15) is 14.9 Å². The lowest BCUT2D eigenvalue weighted by Gasteiger charge is -2.06. The number of nitrogens with zero attached hydrogens (tertiary/aromatic N) is 6. The Morgan fingerprint density at radius 2 is 2.11 bits per heavy atom. The van der Waals surface area contributed by atoms with Crippen molar-refractivity contribution in [1.82, 2.24) is 19.3 Å². The maximum Gasteiger partial charge on any atom is 0.270 e. The van der Waals surface area contributed by atoms with E-state index in [4.69, 9.17) is 12.2 Å². The molecule has 0 aliphatic carbocycles. The molecule has 1 N–H and O–H groups in total. The third-order valence-electron chi connectivity index (χ3n) is 4.23. The zero-order chi connectivity index (χ0) is 20.0. The number of aromatic amines is 1. The smallest absolute Gasteiger partial charge is 0.270 e. The van der Waals surface area contributed by atoms with Gasteiger partial charge in [-0.15, -0.1) is 10.2 Å². The molecule has 0 bridgehead atoms. The molecular weight excluding hydrogens is 382 g/mol. The van der Waals surface area contributed by atoms with Gasteiger partial charge in [0.15, 0.2) is 0 Å². The average molecular weight is 395 g/mol. The van der Waals surface area contributed by atoms with Crippen LogP contribution >= 0.6 is 12.2 Å². The summed E-state index contributed by atoms with van der Waals surface area (Å²) in [7, 11) is 3.45. The minimum Gasteiger partial charge on any atom is -0.352 e. The first-order valence-corrected chi connectivity index (χ1v) is 8.52. The van der Waals surface area contributed by atoms with Crippen LogP contribution < -0.4 is 5.56 Å². The molecule has 11 heteroatoms. The molecule has 1 aromatic carbocycles. The number of thiocarbonyl (C=S) groups is 1. The second-order valence-electron chi connectivity index (χ2n) is 6.20. The molecule has 0 aliphatic heterocycles. The molecule has 0 aliphatic rings. The van der Waals surface area contributed by atoms with Crippen molar-refractivity contribution in [2.45, 2.75) is 0 Å². The van der Waals surface area contributed by atoms with Crippen molar-refractivity contribution in [2.24, 2.45) is 10.2 Å². The van der Waals surface area contributed by atoms with Crippen LogP contribution in [0.1, 0.15) is 0 Å². The molecule has 0 amide bonds. The third kappa shape index (κ3) is 2.68. The molecule has 0 saturated carbocycles. The molecule has 0 radical (unpaired) electrons. The fourth-order valence-corrected chi connectivity index (χ4v) is 2.94. The highest BCUT2D eigenvalue weighted by Gasteiger charge is 2.19. The number of azo groups is 1. The molecule has 0 spiro atoms. The molecule has 28 heavy (non-hydrogen) atoms. The predicted octanol–water partition coefficient (Wildman–Crippen LogP) is 3.17. The van der Waals surface area contributed by atoms with Crippen molar-refractivity contribution in [2.75, 3.05) is 14.1 Å². The average Bonchev–Trinajstić information content (AvgIpc) is 2.99. The maximum absolute atomic E-state index is 13.0. The van der Waals surface area contributed by atoms with Gasteiger partial charge in [-0.1, -0.05) is 0 Å². The number of nitro benzene ring substituents is 1. The second-order valence-corrected chi connectivity index (χ2v) is 6.56. The summed E-state index contributed by atoms with van der Waals surface area (Å²) in [5, 5.41) is 20.4. The molecule has 3 heterocycles. The van der Waals surface area contributed by atoms with E-state index in [0.29, 0.717) is 27.6 Å². The van der Waals surface area contributed by atoms with E-state index in [1.54, 1.807) is 37.3 Å². The summed E-state index contributed by atoms with van der Waals surface area (Å²) < 4.78 is 1.41. The van der Waals surface area contributed by atoms with E-state index in [2.05, 4.69) is 20.2 Å². The Balaban J connectivity index is 2.15. The molecule has 0 unspecified atom stereocenters. The van der Waals surface area contributed by atoms with Crippen LogP contribution in [0.2, 0.25) is 0 Å². The zero-order valence-corrected chi connectivity index (χ0v) is 15.6. The summed E-state index contributed by atoms with van der Waals surface area (Å²) in [5.41, 5.74) is 1.02. The highest BCUT2D eigenvalue weighted by atomic mass is 32.1. The summed E-state index contributed by atoms with van der Waals surface area (Å²) in [6, 6.07) is 7.53. The minimum atomic E-state index is -0.507. The Labute approximate surface area is 162 Å². The van der Waals surface area contributed by atoms with Gasteiger partial charge >= 0.3 is 0 Å². The minimum absolute atomic E-state index is 0.120. The standard InChI is InChI=1S/C17H13N7O3S/c1-22(2)17(28)21-20-13-11-8-9(24(26)27)5-6-12(11)23-15(13)19-14-10(16(23)25)4-3-7-18-14/h3-8H,1-2H3,(H,18,19). The molecule has 4 aromatic rings. The molecule has 140 valence electrons. The number of pyridine rings is 1. The van der Waals surface area contributed by atoms with E-state index < -0.39 is 4.92 Å². The van der Waals surface area contributed by atoms with Crippen molar-refractivity contribution in [1.29, 1.82) is 0 Å². The van der Waals surface area contributed by atoms with Gasteiger partial charge < -0.3 is 9.88 Å². The largest absolute Gasteiger partial charge is 0.352 e. The number of hydrogen-bond donors (Lipinski definition) is 1. The third-order valence-corrected chi connectivity index (χ3v) is 4.68. The van der Waals surface area contributed by atoms with Crippen LogP contribution in [0.5, 0.6) is 0 Å². The number of non-ortho nitro benzene ring substituents is 1. The van der Waals surface area contributed by atoms with Crippen molar-refractivity contribution in [3.8, 4) is 0 Å². The van der Waals surface area contributed by atoms with Crippen LogP contribution in [0.3, 0.4) is 0 Å². The number of nitrogens with one attached hydrogen (secondary N) is 1. The van der Waals surface area contributed by atoms with Crippen molar-refractivity contribution in [3.63, 3.8) is 0 Å². The number of fused-ring (bicyclic) bond motifs is 4. The second kappa shape index (κ2) is 6.46. The molecule has 0 saturated heterocycles. The summed E-state index contributed by atoms with van der Waals surface area (Å²) in [4.78, 5) is 32.6. The first-order valence-electron chi connectivity index (χ1n) is 8.11. The number of hydrogen-bond acceptors (Lipinski definition) is 6. The summed E-state index contributed by atoms with van der Waals surface area (Å²) in [6.45, 7) is 0. The highest BCUT2D eigenvalue weighted by Crippen LogP contribution is 2.35. The molecular formula is C17H13N7O3S. The molecule has 4 rings (SSSR count). The van der Waals surface area contributed by atoms with Crippen molar-refractivity contribution >= 4 is 56.3 Å². The van der Waals surface area contributed by atoms with Gasteiger partial charge in [0.25, 0.3) is 11.2 Å². The van der Waals surface area contributed by atoms with Gasteiger partial charge in [0.05, 0.1) is 15.8 Å². The van der Waals surface area contributed by atoms with Crippen LogP contribution in [-0.4, -0.2) is 43.4 Å². The first-order chi connectivity index (χ1) is 13.4. The maximum atomic E-state index is 13.0. The Hall–Kier alpha value is -3.73. The Kier molecular flexibility index (Phi) is 4.08. The van der Waals surface area contributed by atoms with E-state index in [1.165, 1.54) is 22.6 Å². The normalized spacial score (nSPS) is 11.6. The van der Waals surface area contributed by atoms with Crippen LogP contribution in [0.4, 0.5) is 11.4 Å². The van der Waals surface area contributed by atoms with Gasteiger partial charge in [-0.25, -0.2) is 4.98 Å². The summed E-state index contributed by atoms with van der Waals surface area (Å²) in [6.07, 6.45) is 1.56. The Morgan fingerprint density at radius 3 is 2.82 bits per heavy atom. The van der Waals surface area contributed by atoms with Gasteiger partial charge in [-0.3, -0.25) is 19.3 Å². The van der Waals surface area contributed by atoms with Crippen LogP contribution in [0.25, 0.3) is 27.6 Å². The van der Waals surface area contributed by atoms with Crippen LogP contribution in [0, 0.1) is 10.1 Å². The van der Waals surface area contributed by atoms with E-state index in [-0.39, 0.29) is 22.0 Å². The summed E-state index contributed by atoms with van der Waals surface area (Å²) in [5.74, 6) is 0. The lowest BCUT2D eigenvalue weighted by atomic mass is 10.2. The lowest BCUT2D eigenvalue weighted by Crippen LogP contribution is -2.16. The van der Waals surface area contributed by atoms with Gasteiger partial charge in [-0.05, 0) is 30.4 Å². The first kappa shape index (κ1) is 17.7. The number of H-pyrrole nitrogens is 1. The fourth-order valence-electron chi connectivity index (χ4n) is 2.90. The van der Waals surface area contributed by atoms with E-state index in [0.717, 1.165) is 0 Å². The Bertz CT molecular complexity index is 1370. The highest BCUT2D eigenvalue weighted by molar-refractivity contribution is 7.80. The van der Waals surface area contributed by atoms with Crippen LogP contribution in [-0.2, 0) is 0 Å². The predicted molar refractivity (Wildman–Crippen MR) is 108 cm³/mol. The molecule has 0 atom stereocenters. The van der Waals surface area contributed by atoms with Crippen molar-refractivity contribution in [3.05, 3.63) is 57.0 Å². The number of rotatable bonds is 2. The molecule has 3 aromatic heterocycles. The topological polar surface area (TPSA) is 121 Å². The van der Waals surface area contributed by atoms with E-state index >= 15 is 0 Å². The van der Waals surface area contributed by atoms with Gasteiger partial charge in [0.1, 0.15) is 17.0 Å². The number of aromatic nitrogens is 3. The van der Waals surface area contributed by atoms with E-state index in [1.807, 2.05) is 0 Å². The van der Waals surface area contributed by atoms with Crippen LogP contribution in [0.15, 0.2) is 51.6 Å². The molecule has 0 fully saturated rings. The Morgan fingerprint density at radius 1 is 1.32 bits per heavy atom. The number of benzene rings is 1.